The number of carboxylic acids is 1. The summed E-state index contributed by atoms with van der Waals surface area (Å²) in [6.07, 6.45) is 0.387. The minimum atomic E-state index is -3.06. The van der Waals surface area contributed by atoms with Gasteiger partial charge in [0, 0.05) is 6.04 Å². The molecule has 6 heteroatoms. The van der Waals surface area contributed by atoms with E-state index in [-0.39, 0.29) is 24.3 Å². The SMILES string of the molecule is N[C@@H]1CCS(=O)(=O)CC[C@@H]1C(=O)O. The average Bonchev–Trinajstić information content (AvgIpc) is 2.11. The third-order valence-corrected chi connectivity index (χ3v) is 4.05. The van der Waals surface area contributed by atoms with Gasteiger partial charge in [-0.3, -0.25) is 4.79 Å². The molecule has 2 atom stereocenters. The van der Waals surface area contributed by atoms with Gasteiger partial charge >= 0.3 is 5.97 Å². The fourth-order valence-electron chi connectivity index (χ4n) is 1.45. The van der Waals surface area contributed by atoms with Crippen LogP contribution in [0.5, 0.6) is 0 Å². The Bertz CT molecular complexity index is 298. The van der Waals surface area contributed by atoms with Crippen LogP contribution in [0.4, 0.5) is 0 Å². The molecular weight excluding hydrogens is 194 g/mol. The normalized spacial score (nSPS) is 33.6. The number of rotatable bonds is 1. The van der Waals surface area contributed by atoms with Gasteiger partial charge in [-0.1, -0.05) is 0 Å². The van der Waals surface area contributed by atoms with Gasteiger partial charge in [-0.2, -0.15) is 0 Å². The van der Waals surface area contributed by atoms with Gasteiger partial charge in [-0.15, -0.1) is 0 Å². The molecule has 0 bridgehead atoms. The van der Waals surface area contributed by atoms with Gasteiger partial charge < -0.3 is 10.8 Å². The van der Waals surface area contributed by atoms with E-state index in [1.807, 2.05) is 0 Å². The molecule has 0 saturated carbocycles. The van der Waals surface area contributed by atoms with Gasteiger partial charge in [0.25, 0.3) is 0 Å². The standard InChI is InChI=1S/C7H13NO4S/c8-6-2-4-13(11,12)3-1-5(6)7(9)10/h5-6H,1-4,8H2,(H,9,10)/t5-,6+/m0/s1. The largest absolute Gasteiger partial charge is 0.481 e. The number of aliphatic carboxylic acids is 1. The highest BCUT2D eigenvalue weighted by molar-refractivity contribution is 7.91. The Morgan fingerprint density at radius 3 is 2.38 bits per heavy atom. The molecule has 0 aromatic carbocycles. The fraction of sp³-hybridized carbons (Fsp3) is 0.857. The highest BCUT2D eigenvalue weighted by atomic mass is 32.2. The van der Waals surface area contributed by atoms with Gasteiger partial charge in [0.2, 0.25) is 0 Å². The van der Waals surface area contributed by atoms with Crippen LogP contribution in [0.2, 0.25) is 0 Å². The van der Waals surface area contributed by atoms with Crippen LogP contribution in [-0.2, 0) is 14.6 Å². The molecule has 76 valence electrons. The van der Waals surface area contributed by atoms with Crippen LogP contribution in [0.3, 0.4) is 0 Å². The summed E-state index contributed by atoms with van der Waals surface area (Å²) in [6, 6.07) is -0.533. The predicted octanol–water partition coefficient (Wildman–Crippen LogP) is -0.777. The minimum absolute atomic E-state index is 0.0119. The lowest BCUT2D eigenvalue weighted by molar-refractivity contribution is -0.142. The highest BCUT2D eigenvalue weighted by Crippen LogP contribution is 2.18. The molecule has 0 amide bonds. The van der Waals surface area contributed by atoms with E-state index in [1.54, 1.807) is 0 Å². The lowest BCUT2D eigenvalue weighted by Gasteiger charge is -2.14. The smallest absolute Gasteiger partial charge is 0.308 e. The third kappa shape index (κ3) is 2.67. The molecule has 3 N–H and O–H groups in total. The molecule has 13 heavy (non-hydrogen) atoms. The Hall–Kier alpha value is -0.620. The van der Waals surface area contributed by atoms with E-state index in [4.69, 9.17) is 10.8 Å². The summed E-state index contributed by atoms with van der Waals surface area (Å²) >= 11 is 0. The van der Waals surface area contributed by atoms with Crippen molar-refractivity contribution in [3.8, 4) is 0 Å². The molecule has 1 rings (SSSR count). The van der Waals surface area contributed by atoms with Crippen molar-refractivity contribution in [3.63, 3.8) is 0 Å². The fourth-order valence-corrected chi connectivity index (χ4v) is 2.89. The van der Waals surface area contributed by atoms with Crippen LogP contribution < -0.4 is 5.73 Å². The second-order valence-electron chi connectivity index (χ2n) is 3.34. The van der Waals surface area contributed by atoms with Crippen LogP contribution in [-0.4, -0.2) is 37.0 Å². The Kier molecular flexibility index (Phi) is 2.92. The van der Waals surface area contributed by atoms with Crippen LogP contribution in [0.15, 0.2) is 0 Å². The highest BCUT2D eigenvalue weighted by Gasteiger charge is 2.31. The summed E-state index contributed by atoms with van der Waals surface area (Å²) in [5.41, 5.74) is 5.56. The maximum Gasteiger partial charge on any atom is 0.308 e. The number of carboxylic acid groups (broad SMARTS) is 1. The van der Waals surface area contributed by atoms with Crippen molar-refractivity contribution in [2.75, 3.05) is 11.5 Å². The lowest BCUT2D eigenvalue weighted by atomic mass is 9.96. The molecule has 0 aromatic heterocycles. The number of hydrogen-bond acceptors (Lipinski definition) is 4. The van der Waals surface area contributed by atoms with E-state index in [0.717, 1.165) is 0 Å². The number of hydrogen-bond donors (Lipinski definition) is 2. The number of carbonyl (C=O) groups is 1. The van der Waals surface area contributed by atoms with Gasteiger partial charge in [-0.05, 0) is 12.8 Å². The zero-order valence-corrected chi connectivity index (χ0v) is 7.96. The minimum Gasteiger partial charge on any atom is -0.481 e. The van der Waals surface area contributed by atoms with E-state index in [2.05, 4.69) is 0 Å². The molecule has 1 saturated heterocycles. The molecule has 0 aliphatic carbocycles. The van der Waals surface area contributed by atoms with Gasteiger partial charge in [0.05, 0.1) is 17.4 Å². The summed E-state index contributed by atoms with van der Waals surface area (Å²) in [5, 5.41) is 8.73. The van der Waals surface area contributed by atoms with Crippen molar-refractivity contribution < 1.29 is 18.3 Å². The van der Waals surface area contributed by atoms with Gasteiger partial charge in [0.1, 0.15) is 9.84 Å². The van der Waals surface area contributed by atoms with Crippen LogP contribution in [0, 0.1) is 5.92 Å². The van der Waals surface area contributed by atoms with Crippen molar-refractivity contribution in [1.29, 1.82) is 0 Å². The topological polar surface area (TPSA) is 97.5 Å². The second kappa shape index (κ2) is 3.63. The van der Waals surface area contributed by atoms with E-state index in [0.29, 0.717) is 0 Å². The first-order valence-electron chi connectivity index (χ1n) is 4.11. The van der Waals surface area contributed by atoms with E-state index in [1.165, 1.54) is 0 Å². The first-order chi connectivity index (χ1) is 5.92. The molecule has 1 heterocycles. The van der Waals surface area contributed by atoms with Gasteiger partial charge in [-0.25, -0.2) is 8.42 Å². The molecule has 0 unspecified atom stereocenters. The summed E-state index contributed by atoms with van der Waals surface area (Å²) in [4.78, 5) is 10.7. The lowest BCUT2D eigenvalue weighted by Crippen LogP contribution is -2.35. The molecule has 0 spiro atoms. The Morgan fingerprint density at radius 1 is 1.31 bits per heavy atom. The number of nitrogens with two attached hydrogens (primary N) is 1. The van der Waals surface area contributed by atoms with Crippen molar-refractivity contribution in [1.82, 2.24) is 0 Å². The molecule has 5 nitrogen and oxygen atoms in total. The van der Waals surface area contributed by atoms with Crippen LogP contribution >= 0.6 is 0 Å². The molecule has 1 aliphatic heterocycles. The average molecular weight is 207 g/mol. The molecule has 1 fully saturated rings. The summed E-state index contributed by atoms with van der Waals surface area (Å²) in [6.45, 7) is 0. The maximum absolute atomic E-state index is 11.1. The monoisotopic (exact) mass is 207 g/mol. The molecule has 0 radical (unpaired) electrons. The van der Waals surface area contributed by atoms with Crippen molar-refractivity contribution in [2.45, 2.75) is 18.9 Å². The van der Waals surface area contributed by atoms with Crippen molar-refractivity contribution in [3.05, 3.63) is 0 Å². The zero-order valence-electron chi connectivity index (χ0n) is 7.14. The third-order valence-electron chi connectivity index (χ3n) is 2.34. The van der Waals surface area contributed by atoms with Crippen molar-refractivity contribution in [2.24, 2.45) is 11.7 Å². The number of sulfone groups is 1. The Morgan fingerprint density at radius 2 is 1.85 bits per heavy atom. The van der Waals surface area contributed by atoms with E-state index in [9.17, 15) is 13.2 Å². The van der Waals surface area contributed by atoms with Crippen LogP contribution in [0.25, 0.3) is 0 Å². The van der Waals surface area contributed by atoms with E-state index >= 15 is 0 Å². The van der Waals surface area contributed by atoms with Gasteiger partial charge in [0.15, 0.2) is 0 Å². The second-order valence-corrected chi connectivity index (χ2v) is 5.64. The Labute approximate surface area is 76.8 Å². The summed E-state index contributed by atoms with van der Waals surface area (Å²) in [5.74, 6) is -1.75. The van der Waals surface area contributed by atoms with Crippen molar-refractivity contribution >= 4 is 15.8 Å². The van der Waals surface area contributed by atoms with Crippen LogP contribution in [0.1, 0.15) is 12.8 Å². The quantitative estimate of drug-likeness (QED) is 0.588. The molecule has 1 aliphatic rings. The first-order valence-corrected chi connectivity index (χ1v) is 5.93. The summed E-state index contributed by atoms with van der Waals surface area (Å²) < 4.78 is 22.3. The predicted molar refractivity (Wildman–Crippen MR) is 47.0 cm³/mol. The van der Waals surface area contributed by atoms with E-state index < -0.39 is 27.8 Å². The summed E-state index contributed by atoms with van der Waals surface area (Å²) in [7, 11) is -3.06. The Balaban J connectivity index is 2.76. The maximum atomic E-state index is 11.1. The first kappa shape index (κ1) is 10.5. The molecule has 0 aromatic rings. The molecular formula is C7H13NO4S. The zero-order chi connectivity index (χ0) is 10.1.